The molecule has 0 radical (unpaired) electrons. The van der Waals surface area contributed by atoms with Crippen molar-refractivity contribution in [3.05, 3.63) is 12.0 Å². The Bertz CT molecular complexity index is 264. The van der Waals surface area contributed by atoms with Crippen LogP contribution in [0.5, 0.6) is 0 Å². The number of nitrogens with zero attached hydrogens (tertiary/aromatic N) is 2. The number of anilines is 1. The van der Waals surface area contributed by atoms with Gasteiger partial charge in [-0.05, 0) is 18.8 Å². The van der Waals surface area contributed by atoms with Gasteiger partial charge in [-0.1, -0.05) is 6.92 Å². The van der Waals surface area contributed by atoms with E-state index in [2.05, 4.69) is 16.5 Å². The van der Waals surface area contributed by atoms with Crippen LogP contribution in [-0.4, -0.2) is 9.55 Å². The van der Waals surface area contributed by atoms with E-state index < -0.39 is 0 Å². The van der Waals surface area contributed by atoms with Crippen LogP contribution >= 0.6 is 0 Å². The molecule has 0 amide bonds. The van der Waals surface area contributed by atoms with Crippen molar-refractivity contribution < 1.29 is 0 Å². The average Bonchev–Trinajstić information content (AvgIpc) is 2.32. The first-order valence-electron chi connectivity index (χ1n) is 4.07. The van der Waals surface area contributed by atoms with E-state index in [1.165, 1.54) is 12.1 Å². The van der Waals surface area contributed by atoms with Gasteiger partial charge in [0.2, 0.25) is 0 Å². The van der Waals surface area contributed by atoms with E-state index in [-0.39, 0.29) is 0 Å². The van der Waals surface area contributed by atoms with Crippen molar-refractivity contribution in [3.63, 3.8) is 0 Å². The van der Waals surface area contributed by atoms with Gasteiger partial charge in [0.05, 0.1) is 12.0 Å². The van der Waals surface area contributed by atoms with Gasteiger partial charge in [0, 0.05) is 6.54 Å². The Balaban J connectivity index is 2.36. The zero-order chi connectivity index (χ0) is 7.84. The van der Waals surface area contributed by atoms with Crippen molar-refractivity contribution in [1.29, 1.82) is 0 Å². The minimum absolute atomic E-state index is 0.719. The number of nitrogen functional groups attached to an aromatic ring is 1. The smallest absolute Gasteiger partial charge is 0.144 e. The summed E-state index contributed by atoms with van der Waals surface area (Å²) in [6.07, 6.45) is 4.18. The number of hydrogen-bond acceptors (Lipinski definition) is 2. The second-order valence-electron chi connectivity index (χ2n) is 3.37. The van der Waals surface area contributed by atoms with Crippen LogP contribution in [0.15, 0.2) is 6.33 Å². The van der Waals surface area contributed by atoms with Crippen LogP contribution in [0, 0.1) is 5.92 Å². The van der Waals surface area contributed by atoms with Crippen LogP contribution in [0.2, 0.25) is 0 Å². The predicted octanol–water partition coefficient (Wildman–Crippen LogP) is 1.05. The van der Waals surface area contributed by atoms with Crippen molar-refractivity contribution in [2.75, 3.05) is 5.73 Å². The molecular weight excluding hydrogens is 138 g/mol. The van der Waals surface area contributed by atoms with Crippen LogP contribution in [0.25, 0.3) is 0 Å². The molecule has 3 heteroatoms. The summed E-state index contributed by atoms with van der Waals surface area (Å²) in [5.41, 5.74) is 6.90. The van der Waals surface area contributed by atoms with E-state index in [4.69, 9.17) is 5.73 Å². The predicted molar refractivity (Wildman–Crippen MR) is 44.1 cm³/mol. The fourth-order valence-electron chi connectivity index (χ4n) is 1.66. The molecule has 1 atom stereocenters. The number of fused-ring (bicyclic) bond motifs is 1. The van der Waals surface area contributed by atoms with E-state index in [0.717, 1.165) is 24.7 Å². The fraction of sp³-hybridized carbons (Fsp3) is 0.625. The Morgan fingerprint density at radius 1 is 1.73 bits per heavy atom. The summed E-state index contributed by atoms with van der Waals surface area (Å²) in [5.74, 6) is 1.49. The molecule has 1 unspecified atom stereocenters. The molecule has 2 heterocycles. The number of imidazole rings is 1. The van der Waals surface area contributed by atoms with Gasteiger partial charge in [-0.15, -0.1) is 0 Å². The Hall–Kier alpha value is -0.990. The molecule has 1 aromatic heterocycles. The molecule has 0 aliphatic carbocycles. The van der Waals surface area contributed by atoms with Gasteiger partial charge >= 0.3 is 0 Å². The van der Waals surface area contributed by atoms with Crippen molar-refractivity contribution in [2.45, 2.75) is 26.3 Å². The molecule has 1 aliphatic rings. The van der Waals surface area contributed by atoms with E-state index in [0.29, 0.717) is 0 Å². The summed E-state index contributed by atoms with van der Waals surface area (Å²) in [6, 6.07) is 0. The van der Waals surface area contributed by atoms with E-state index in [1.54, 1.807) is 0 Å². The van der Waals surface area contributed by atoms with Crippen LogP contribution in [0.3, 0.4) is 0 Å². The topological polar surface area (TPSA) is 43.8 Å². The van der Waals surface area contributed by atoms with Gasteiger partial charge in [-0.3, -0.25) is 0 Å². The third-order valence-corrected chi connectivity index (χ3v) is 2.36. The van der Waals surface area contributed by atoms with Crippen LogP contribution in [-0.2, 0) is 13.0 Å². The summed E-state index contributed by atoms with van der Waals surface area (Å²) in [6.45, 7) is 3.35. The first-order valence-corrected chi connectivity index (χ1v) is 4.07. The van der Waals surface area contributed by atoms with Gasteiger partial charge in [0.15, 0.2) is 0 Å². The van der Waals surface area contributed by atoms with E-state index in [1.807, 2.05) is 6.33 Å². The monoisotopic (exact) mass is 151 g/mol. The van der Waals surface area contributed by atoms with E-state index in [9.17, 15) is 0 Å². The largest absolute Gasteiger partial charge is 0.382 e. The van der Waals surface area contributed by atoms with Gasteiger partial charge in [-0.2, -0.15) is 0 Å². The standard InChI is InChI=1S/C8H13N3/c1-6-2-3-7-8(9)10-5-11(7)4-6/h5-6H,2-4,9H2,1H3. The number of nitrogens with two attached hydrogens (primary N) is 1. The molecule has 1 aromatic rings. The SMILES string of the molecule is CC1CCc2c(N)ncn2C1. The third-order valence-electron chi connectivity index (χ3n) is 2.36. The van der Waals surface area contributed by atoms with Crippen LogP contribution in [0.4, 0.5) is 5.82 Å². The molecular formula is C8H13N3. The summed E-state index contributed by atoms with van der Waals surface area (Å²) in [7, 11) is 0. The Morgan fingerprint density at radius 3 is 3.36 bits per heavy atom. The number of hydrogen-bond donors (Lipinski definition) is 1. The highest BCUT2D eigenvalue weighted by Crippen LogP contribution is 2.22. The molecule has 2 N–H and O–H groups in total. The molecule has 11 heavy (non-hydrogen) atoms. The summed E-state index contributed by atoms with van der Waals surface area (Å²) >= 11 is 0. The maximum absolute atomic E-state index is 5.67. The lowest BCUT2D eigenvalue weighted by molar-refractivity contribution is 0.400. The van der Waals surface area contributed by atoms with Crippen molar-refractivity contribution in [1.82, 2.24) is 9.55 Å². The minimum Gasteiger partial charge on any atom is -0.382 e. The molecule has 3 nitrogen and oxygen atoms in total. The highest BCUT2D eigenvalue weighted by atomic mass is 15.1. The lowest BCUT2D eigenvalue weighted by Gasteiger charge is -2.20. The Kier molecular flexibility index (Phi) is 1.37. The molecule has 2 rings (SSSR count). The quantitative estimate of drug-likeness (QED) is 0.602. The highest BCUT2D eigenvalue weighted by Gasteiger charge is 2.16. The zero-order valence-electron chi connectivity index (χ0n) is 6.75. The van der Waals surface area contributed by atoms with Crippen molar-refractivity contribution in [3.8, 4) is 0 Å². The summed E-state index contributed by atoms with van der Waals surface area (Å²) in [4.78, 5) is 4.07. The fourth-order valence-corrected chi connectivity index (χ4v) is 1.66. The first-order chi connectivity index (χ1) is 5.27. The Morgan fingerprint density at radius 2 is 2.55 bits per heavy atom. The number of aromatic nitrogens is 2. The molecule has 0 bridgehead atoms. The van der Waals surface area contributed by atoms with Gasteiger partial charge in [0.1, 0.15) is 5.82 Å². The second kappa shape index (κ2) is 2.26. The summed E-state index contributed by atoms with van der Waals surface area (Å²) < 4.78 is 2.17. The lowest BCUT2D eigenvalue weighted by atomic mass is 10.0. The molecule has 0 fully saturated rings. The molecule has 1 aliphatic heterocycles. The molecule has 0 spiro atoms. The van der Waals surface area contributed by atoms with Crippen molar-refractivity contribution >= 4 is 5.82 Å². The molecule has 0 saturated heterocycles. The molecule has 60 valence electrons. The van der Waals surface area contributed by atoms with Crippen molar-refractivity contribution in [2.24, 2.45) is 5.92 Å². The number of rotatable bonds is 0. The first kappa shape index (κ1) is 6.70. The maximum atomic E-state index is 5.67. The summed E-state index contributed by atoms with van der Waals surface area (Å²) in [5, 5.41) is 0. The third kappa shape index (κ3) is 1.00. The maximum Gasteiger partial charge on any atom is 0.144 e. The second-order valence-corrected chi connectivity index (χ2v) is 3.37. The Labute approximate surface area is 66.2 Å². The normalized spacial score (nSPS) is 23.2. The van der Waals surface area contributed by atoms with Crippen LogP contribution in [0.1, 0.15) is 19.0 Å². The zero-order valence-corrected chi connectivity index (χ0v) is 6.75. The van der Waals surface area contributed by atoms with E-state index >= 15 is 0 Å². The van der Waals surface area contributed by atoms with Gasteiger partial charge in [0.25, 0.3) is 0 Å². The average molecular weight is 151 g/mol. The highest BCUT2D eigenvalue weighted by molar-refractivity contribution is 5.35. The van der Waals surface area contributed by atoms with Gasteiger partial charge < -0.3 is 10.3 Å². The van der Waals surface area contributed by atoms with Gasteiger partial charge in [-0.25, -0.2) is 4.98 Å². The molecule has 0 saturated carbocycles. The molecule has 0 aromatic carbocycles. The lowest BCUT2D eigenvalue weighted by Crippen LogP contribution is -2.17. The van der Waals surface area contributed by atoms with Crippen LogP contribution < -0.4 is 5.73 Å². The minimum atomic E-state index is 0.719.